The molecule has 0 spiro atoms. The summed E-state index contributed by atoms with van der Waals surface area (Å²) in [5.41, 5.74) is 0.936. The number of carbonyl (C=O) groups excluding carboxylic acids is 1. The molecule has 0 bridgehead atoms. The number of nitro groups is 1. The van der Waals surface area contributed by atoms with E-state index in [2.05, 4.69) is 10.3 Å². The number of carbonyl (C=O) groups is 1. The van der Waals surface area contributed by atoms with Gasteiger partial charge in [-0.15, -0.1) is 0 Å². The molecule has 0 saturated carbocycles. The van der Waals surface area contributed by atoms with Gasteiger partial charge < -0.3 is 5.32 Å². The lowest BCUT2D eigenvalue weighted by molar-refractivity contribution is -0.385. The van der Waals surface area contributed by atoms with Crippen molar-refractivity contribution in [1.29, 1.82) is 0 Å². The predicted octanol–water partition coefficient (Wildman–Crippen LogP) is 3.20. The van der Waals surface area contributed by atoms with Gasteiger partial charge in [-0.1, -0.05) is 17.7 Å². The van der Waals surface area contributed by atoms with Crippen molar-refractivity contribution >= 4 is 28.9 Å². The highest BCUT2D eigenvalue weighted by Gasteiger charge is 2.13. The summed E-state index contributed by atoms with van der Waals surface area (Å²) in [5.74, 6) is -0.481. The highest BCUT2D eigenvalue weighted by molar-refractivity contribution is 6.30. The Balaban J connectivity index is 2.24. The van der Waals surface area contributed by atoms with E-state index in [-0.39, 0.29) is 11.4 Å². The molecule has 0 saturated heterocycles. The summed E-state index contributed by atoms with van der Waals surface area (Å²) >= 11 is 5.77. The zero-order valence-corrected chi connectivity index (χ0v) is 11.2. The number of anilines is 1. The predicted molar refractivity (Wildman–Crippen MR) is 75.0 cm³/mol. The molecule has 1 aromatic heterocycles. The minimum atomic E-state index is -0.497. The smallest absolute Gasteiger partial charge is 0.274 e. The third-order valence-corrected chi connectivity index (χ3v) is 2.85. The van der Waals surface area contributed by atoms with E-state index in [4.69, 9.17) is 11.6 Å². The van der Waals surface area contributed by atoms with Gasteiger partial charge in [0.2, 0.25) is 0 Å². The lowest BCUT2D eigenvalue weighted by Gasteiger charge is -2.06. The minimum absolute atomic E-state index is 0.0538. The quantitative estimate of drug-likeness (QED) is 0.695. The zero-order chi connectivity index (χ0) is 14.7. The summed E-state index contributed by atoms with van der Waals surface area (Å²) in [7, 11) is 0. The number of nitrogens with zero attached hydrogens (tertiary/aromatic N) is 2. The fraction of sp³-hybridized carbons (Fsp3) is 0.0769. The van der Waals surface area contributed by atoms with Crippen LogP contribution in [0.25, 0.3) is 0 Å². The first kappa shape index (κ1) is 14.0. The first-order chi connectivity index (χ1) is 9.47. The highest BCUT2D eigenvalue weighted by atomic mass is 35.5. The van der Waals surface area contributed by atoms with Gasteiger partial charge in [0.25, 0.3) is 11.6 Å². The maximum Gasteiger partial charge on any atom is 0.274 e. The molecule has 0 radical (unpaired) electrons. The Kier molecular flexibility index (Phi) is 3.95. The van der Waals surface area contributed by atoms with E-state index in [0.717, 1.165) is 0 Å². The number of aryl methyl sites for hydroxylation is 1. The number of nitro benzene ring substituents is 1. The third kappa shape index (κ3) is 3.10. The molecule has 2 aromatic rings. The molecule has 0 aliphatic carbocycles. The second-order valence-corrected chi connectivity index (χ2v) is 4.51. The molecule has 1 aromatic carbocycles. The number of halogens is 1. The Morgan fingerprint density at radius 1 is 1.35 bits per heavy atom. The van der Waals surface area contributed by atoms with Crippen molar-refractivity contribution in [3.63, 3.8) is 0 Å². The first-order valence-electron chi connectivity index (χ1n) is 5.65. The van der Waals surface area contributed by atoms with Gasteiger partial charge in [0.15, 0.2) is 0 Å². The van der Waals surface area contributed by atoms with E-state index in [1.807, 2.05) is 0 Å². The van der Waals surface area contributed by atoms with E-state index in [9.17, 15) is 14.9 Å². The van der Waals surface area contributed by atoms with E-state index < -0.39 is 10.8 Å². The molecule has 102 valence electrons. The Bertz CT molecular complexity index is 688. The summed E-state index contributed by atoms with van der Waals surface area (Å²) < 4.78 is 0. The standard InChI is InChI=1S/C13H10ClN3O3/c1-8-2-3-10(7-12(8)17(19)20)16-13(18)11-6-9(14)4-5-15-11/h2-7H,1H3,(H,16,18). The Morgan fingerprint density at radius 2 is 2.10 bits per heavy atom. The van der Waals surface area contributed by atoms with Gasteiger partial charge in [-0.3, -0.25) is 19.9 Å². The van der Waals surface area contributed by atoms with Crippen LogP contribution in [0.5, 0.6) is 0 Å². The monoisotopic (exact) mass is 291 g/mol. The highest BCUT2D eigenvalue weighted by Crippen LogP contribution is 2.22. The molecule has 2 rings (SSSR count). The van der Waals surface area contributed by atoms with E-state index in [1.165, 1.54) is 18.3 Å². The van der Waals surface area contributed by atoms with Crippen LogP contribution in [0.15, 0.2) is 36.5 Å². The Morgan fingerprint density at radius 3 is 2.75 bits per heavy atom. The molecule has 0 fully saturated rings. The van der Waals surface area contributed by atoms with Crippen molar-refractivity contribution in [3.05, 3.63) is 62.9 Å². The molecular formula is C13H10ClN3O3. The van der Waals surface area contributed by atoms with Crippen LogP contribution >= 0.6 is 11.6 Å². The fourth-order valence-corrected chi connectivity index (χ4v) is 1.77. The van der Waals surface area contributed by atoms with Gasteiger partial charge in [0.05, 0.1) is 4.92 Å². The number of amides is 1. The summed E-state index contributed by atoms with van der Waals surface area (Å²) in [6.07, 6.45) is 1.41. The van der Waals surface area contributed by atoms with Crippen LogP contribution in [0.2, 0.25) is 5.02 Å². The number of benzene rings is 1. The number of pyridine rings is 1. The molecule has 1 N–H and O–H groups in total. The first-order valence-corrected chi connectivity index (χ1v) is 6.03. The lowest BCUT2D eigenvalue weighted by atomic mass is 10.2. The van der Waals surface area contributed by atoms with Crippen molar-refractivity contribution in [2.45, 2.75) is 6.92 Å². The fourth-order valence-electron chi connectivity index (χ4n) is 1.61. The molecule has 7 heteroatoms. The van der Waals surface area contributed by atoms with Crippen LogP contribution in [-0.2, 0) is 0 Å². The summed E-state index contributed by atoms with van der Waals surface area (Å²) in [4.78, 5) is 26.2. The lowest BCUT2D eigenvalue weighted by Crippen LogP contribution is -2.13. The van der Waals surface area contributed by atoms with Gasteiger partial charge in [0, 0.05) is 28.5 Å². The van der Waals surface area contributed by atoms with Crippen molar-refractivity contribution in [2.24, 2.45) is 0 Å². The topological polar surface area (TPSA) is 85.1 Å². The molecule has 0 aliphatic rings. The van der Waals surface area contributed by atoms with Crippen LogP contribution in [-0.4, -0.2) is 15.8 Å². The van der Waals surface area contributed by atoms with Crippen LogP contribution in [0, 0.1) is 17.0 Å². The van der Waals surface area contributed by atoms with Gasteiger partial charge in [-0.05, 0) is 25.1 Å². The number of nitrogens with one attached hydrogen (secondary N) is 1. The molecule has 0 unspecified atom stereocenters. The van der Waals surface area contributed by atoms with E-state index in [0.29, 0.717) is 16.3 Å². The zero-order valence-electron chi connectivity index (χ0n) is 10.5. The minimum Gasteiger partial charge on any atom is -0.320 e. The van der Waals surface area contributed by atoms with Crippen molar-refractivity contribution in [1.82, 2.24) is 4.98 Å². The second-order valence-electron chi connectivity index (χ2n) is 4.07. The summed E-state index contributed by atoms with van der Waals surface area (Å²) in [6, 6.07) is 7.43. The van der Waals surface area contributed by atoms with Crippen molar-refractivity contribution in [2.75, 3.05) is 5.32 Å². The van der Waals surface area contributed by atoms with Crippen LogP contribution < -0.4 is 5.32 Å². The Labute approximate surface area is 119 Å². The van der Waals surface area contributed by atoms with Gasteiger partial charge in [-0.25, -0.2) is 0 Å². The largest absolute Gasteiger partial charge is 0.320 e. The molecular weight excluding hydrogens is 282 g/mol. The van der Waals surface area contributed by atoms with Crippen LogP contribution in [0.1, 0.15) is 16.1 Å². The molecule has 0 aliphatic heterocycles. The Hall–Kier alpha value is -2.47. The SMILES string of the molecule is Cc1ccc(NC(=O)c2cc(Cl)ccn2)cc1[N+](=O)[O-]. The van der Waals surface area contributed by atoms with Crippen LogP contribution in [0.4, 0.5) is 11.4 Å². The number of aromatic nitrogens is 1. The van der Waals surface area contributed by atoms with E-state index >= 15 is 0 Å². The molecule has 20 heavy (non-hydrogen) atoms. The maximum absolute atomic E-state index is 11.9. The van der Waals surface area contributed by atoms with Crippen molar-refractivity contribution in [3.8, 4) is 0 Å². The van der Waals surface area contributed by atoms with E-state index in [1.54, 1.807) is 25.1 Å². The maximum atomic E-state index is 11.9. The summed E-state index contributed by atoms with van der Waals surface area (Å²) in [6.45, 7) is 1.63. The number of hydrogen-bond acceptors (Lipinski definition) is 4. The van der Waals surface area contributed by atoms with Crippen LogP contribution in [0.3, 0.4) is 0 Å². The number of hydrogen-bond donors (Lipinski definition) is 1. The van der Waals surface area contributed by atoms with Crippen molar-refractivity contribution < 1.29 is 9.72 Å². The molecule has 1 amide bonds. The molecule has 0 atom stereocenters. The van der Waals surface area contributed by atoms with Gasteiger partial charge >= 0.3 is 0 Å². The summed E-state index contributed by atoms with van der Waals surface area (Å²) in [5, 5.41) is 13.8. The average molecular weight is 292 g/mol. The average Bonchev–Trinajstić information content (AvgIpc) is 2.40. The normalized spacial score (nSPS) is 10.1. The van der Waals surface area contributed by atoms with Gasteiger partial charge in [0.1, 0.15) is 5.69 Å². The second kappa shape index (κ2) is 5.66. The van der Waals surface area contributed by atoms with Gasteiger partial charge in [-0.2, -0.15) is 0 Å². The number of rotatable bonds is 3. The third-order valence-electron chi connectivity index (χ3n) is 2.62. The molecule has 6 nitrogen and oxygen atoms in total. The molecule has 1 heterocycles.